The third-order valence-corrected chi connectivity index (χ3v) is 2.78. The normalized spacial score (nSPS) is 11.3. The van der Waals surface area contributed by atoms with Gasteiger partial charge in [-0.15, -0.1) is 11.3 Å². The number of alkyl halides is 3. The minimum absolute atomic E-state index is 0.139. The molecule has 5 nitrogen and oxygen atoms in total. The van der Waals surface area contributed by atoms with Gasteiger partial charge in [0.2, 0.25) is 0 Å². The first-order valence-corrected chi connectivity index (χ1v) is 5.67. The van der Waals surface area contributed by atoms with Gasteiger partial charge in [0.05, 0.1) is 0 Å². The Balaban J connectivity index is 2.86. The predicted molar refractivity (Wildman–Crippen MR) is 56.7 cm³/mol. The van der Waals surface area contributed by atoms with E-state index in [2.05, 4.69) is 4.98 Å². The fraction of sp³-hybridized carbons (Fsp3) is 0.444. The molecule has 0 saturated heterocycles. The first-order chi connectivity index (χ1) is 8.24. The Hall–Kier alpha value is -1.64. The van der Waals surface area contributed by atoms with Crippen molar-refractivity contribution in [3.63, 3.8) is 0 Å². The van der Waals surface area contributed by atoms with Gasteiger partial charge in [-0.2, -0.15) is 13.2 Å². The summed E-state index contributed by atoms with van der Waals surface area (Å²) in [6.45, 7) is -0.125. The lowest BCUT2D eigenvalue weighted by atomic mass is 10.4. The zero-order valence-electron chi connectivity index (χ0n) is 9.19. The summed E-state index contributed by atoms with van der Waals surface area (Å²) in [6, 6.07) is 0. The van der Waals surface area contributed by atoms with Crippen LogP contribution in [0.3, 0.4) is 0 Å². The number of carboxylic acid groups (broad SMARTS) is 1. The SMILES string of the molecule is CCN(CC(F)(F)F)C(=O)c1nc(C(=O)O)cs1. The van der Waals surface area contributed by atoms with E-state index in [9.17, 15) is 22.8 Å². The number of amides is 1. The predicted octanol–water partition coefficient (Wildman–Crippen LogP) is 1.87. The molecule has 1 aromatic rings. The van der Waals surface area contributed by atoms with Gasteiger partial charge in [-0.3, -0.25) is 4.79 Å². The van der Waals surface area contributed by atoms with Crippen LogP contribution in [-0.4, -0.2) is 46.1 Å². The van der Waals surface area contributed by atoms with E-state index >= 15 is 0 Å². The van der Waals surface area contributed by atoms with Crippen molar-refractivity contribution in [3.8, 4) is 0 Å². The highest BCUT2D eigenvalue weighted by Gasteiger charge is 2.33. The summed E-state index contributed by atoms with van der Waals surface area (Å²) in [5.41, 5.74) is -0.355. The molecule has 1 N–H and O–H groups in total. The van der Waals surface area contributed by atoms with Crippen LogP contribution in [0, 0.1) is 0 Å². The van der Waals surface area contributed by atoms with Gasteiger partial charge in [0.1, 0.15) is 6.54 Å². The number of carboxylic acids is 1. The van der Waals surface area contributed by atoms with E-state index in [0.717, 1.165) is 5.38 Å². The molecule has 0 aromatic carbocycles. The van der Waals surface area contributed by atoms with Crippen LogP contribution < -0.4 is 0 Å². The van der Waals surface area contributed by atoms with Gasteiger partial charge < -0.3 is 10.0 Å². The number of thiazole rings is 1. The van der Waals surface area contributed by atoms with Crippen molar-refractivity contribution in [2.24, 2.45) is 0 Å². The van der Waals surface area contributed by atoms with Crippen molar-refractivity contribution in [2.45, 2.75) is 13.1 Å². The molecule has 1 rings (SSSR count). The molecule has 0 aliphatic carbocycles. The van der Waals surface area contributed by atoms with Gasteiger partial charge in [0.25, 0.3) is 5.91 Å². The number of halogens is 3. The van der Waals surface area contributed by atoms with Crippen LogP contribution in [0.4, 0.5) is 13.2 Å². The summed E-state index contributed by atoms with van der Waals surface area (Å²) in [5.74, 6) is -2.25. The number of rotatable bonds is 4. The molecule has 0 spiro atoms. The molecule has 0 bridgehead atoms. The van der Waals surface area contributed by atoms with E-state index in [-0.39, 0.29) is 17.2 Å². The van der Waals surface area contributed by atoms with E-state index in [0.29, 0.717) is 16.2 Å². The first kappa shape index (κ1) is 14.4. The number of aromatic carboxylic acids is 1. The van der Waals surface area contributed by atoms with Gasteiger partial charge in [0.15, 0.2) is 10.7 Å². The molecule has 1 heterocycles. The summed E-state index contributed by atoms with van der Waals surface area (Å²) >= 11 is 0.705. The van der Waals surface area contributed by atoms with Crippen LogP contribution in [0.1, 0.15) is 27.2 Å². The van der Waals surface area contributed by atoms with Gasteiger partial charge >= 0.3 is 12.1 Å². The van der Waals surface area contributed by atoms with Crippen LogP contribution in [0.25, 0.3) is 0 Å². The maximum atomic E-state index is 12.2. The second kappa shape index (κ2) is 5.34. The molecule has 0 radical (unpaired) electrons. The molecular weight excluding hydrogens is 273 g/mol. The van der Waals surface area contributed by atoms with Gasteiger partial charge in [0, 0.05) is 11.9 Å². The van der Waals surface area contributed by atoms with E-state index in [1.54, 1.807) is 0 Å². The minimum atomic E-state index is -4.50. The van der Waals surface area contributed by atoms with Gasteiger partial charge in [-0.25, -0.2) is 9.78 Å². The summed E-state index contributed by atoms with van der Waals surface area (Å²) < 4.78 is 36.6. The minimum Gasteiger partial charge on any atom is -0.476 e. The molecule has 0 aliphatic heterocycles. The molecule has 1 amide bonds. The molecule has 100 valence electrons. The summed E-state index contributed by atoms with van der Waals surface area (Å²) in [7, 11) is 0. The topological polar surface area (TPSA) is 70.5 Å². The fourth-order valence-electron chi connectivity index (χ4n) is 1.15. The Labute approximate surface area is 104 Å². The number of carbonyl (C=O) groups excluding carboxylic acids is 1. The van der Waals surface area contributed by atoms with Crippen molar-refractivity contribution >= 4 is 23.2 Å². The van der Waals surface area contributed by atoms with Crippen molar-refractivity contribution < 1.29 is 27.9 Å². The highest BCUT2D eigenvalue weighted by atomic mass is 32.1. The van der Waals surface area contributed by atoms with Crippen molar-refractivity contribution in [1.29, 1.82) is 0 Å². The van der Waals surface area contributed by atoms with Crippen LogP contribution in [-0.2, 0) is 0 Å². The quantitative estimate of drug-likeness (QED) is 0.915. The molecule has 18 heavy (non-hydrogen) atoms. The van der Waals surface area contributed by atoms with E-state index in [1.165, 1.54) is 6.92 Å². The fourth-order valence-corrected chi connectivity index (χ4v) is 1.91. The average Bonchev–Trinajstić information content (AvgIpc) is 2.72. The van der Waals surface area contributed by atoms with Crippen LogP contribution in [0.2, 0.25) is 0 Å². The third-order valence-electron chi connectivity index (χ3n) is 1.95. The summed E-state index contributed by atoms with van der Waals surface area (Å²) in [5, 5.41) is 9.44. The van der Waals surface area contributed by atoms with Crippen LogP contribution >= 0.6 is 11.3 Å². The van der Waals surface area contributed by atoms with E-state index < -0.39 is 24.6 Å². The number of hydrogen-bond acceptors (Lipinski definition) is 4. The Morgan fingerprint density at radius 2 is 2.11 bits per heavy atom. The maximum Gasteiger partial charge on any atom is 0.406 e. The van der Waals surface area contributed by atoms with E-state index in [4.69, 9.17) is 5.11 Å². The zero-order chi connectivity index (χ0) is 13.9. The number of nitrogens with zero attached hydrogens (tertiary/aromatic N) is 2. The smallest absolute Gasteiger partial charge is 0.406 e. The molecule has 0 atom stereocenters. The third kappa shape index (κ3) is 3.69. The summed E-state index contributed by atoms with van der Waals surface area (Å²) in [6.07, 6.45) is -4.50. The molecule has 1 aromatic heterocycles. The lowest BCUT2D eigenvalue weighted by molar-refractivity contribution is -0.140. The lowest BCUT2D eigenvalue weighted by Crippen LogP contribution is -2.38. The highest BCUT2D eigenvalue weighted by Crippen LogP contribution is 2.19. The molecule has 0 saturated carbocycles. The lowest BCUT2D eigenvalue weighted by Gasteiger charge is -2.20. The monoisotopic (exact) mass is 282 g/mol. The van der Waals surface area contributed by atoms with Crippen molar-refractivity contribution in [2.75, 3.05) is 13.1 Å². The standard InChI is InChI=1S/C9H9F3N2O3S/c1-2-14(4-9(10,11)12)7(15)6-13-5(3-18-6)8(16)17/h3H,2,4H2,1H3,(H,16,17). The molecule has 0 aliphatic rings. The molecule has 9 heteroatoms. The zero-order valence-corrected chi connectivity index (χ0v) is 10.0. The van der Waals surface area contributed by atoms with Gasteiger partial charge in [-0.1, -0.05) is 0 Å². The number of carbonyl (C=O) groups is 2. The Morgan fingerprint density at radius 1 is 1.50 bits per heavy atom. The van der Waals surface area contributed by atoms with E-state index in [1.807, 2.05) is 0 Å². The first-order valence-electron chi connectivity index (χ1n) is 4.79. The largest absolute Gasteiger partial charge is 0.476 e. The van der Waals surface area contributed by atoms with Crippen LogP contribution in [0.5, 0.6) is 0 Å². The molecule has 0 unspecified atom stereocenters. The Kier molecular flexibility index (Phi) is 4.28. The average molecular weight is 282 g/mol. The maximum absolute atomic E-state index is 12.2. The second-order valence-corrected chi connectivity index (χ2v) is 4.14. The van der Waals surface area contributed by atoms with Crippen molar-refractivity contribution in [3.05, 3.63) is 16.1 Å². The highest BCUT2D eigenvalue weighted by molar-refractivity contribution is 7.11. The Bertz CT molecular complexity index is 458. The molecular formula is C9H9F3N2O3S. The Morgan fingerprint density at radius 3 is 2.50 bits per heavy atom. The van der Waals surface area contributed by atoms with Crippen molar-refractivity contribution in [1.82, 2.24) is 9.88 Å². The van der Waals surface area contributed by atoms with Gasteiger partial charge in [-0.05, 0) is 6.92 Å². The van der Waals surface area contributed by atoms with Crippen LogP contribution in [0.15, 0.2) is 5.38 Å². The number of hydrogen-bond donors (Lipinski definition) is 1. The number of aromatic nitrogens is 1. The molecule has 0 fully saturated rings. The summed E-state index contributed by atoms with van der Waals surface area (Å²) in [4.78, 5) is 26.2. The second-order valence-electron chi connectivity index (χ2n) is 3.28.